The van der Waals surface area contributed by atoms with Crippen LogP contribution in [0.15, 0.2) is 0 Å². The quantitative estimate of drug-likeness (QED) is 0.605. The molecule has 1 rings (SSSR count). The topological polar surface area (TPSA) is 33.0 Å². The van der Waals surface area contributed by atoms with Crippen molar-refractivity contribution in [1.82, 2.24) is 0 Å². The second-order valence-corrected chi connectivity index (χ2v) is 3.43. The molecule has 2 nitrogen and oxygen atoms in total. The van der Waals surface area contributed by atoms with Gasteiger partial charge in [-0.2, -0.15) is 5.26 Å². The van der Waals surface area contributed by atoms with Gasteiger partial charge < -0.3 is 4.74 Å². The molecule has 0 aromatic carbocycles. The molecule has 1 aliphatic rings. The summed E-state index contributed by atoms with van der Waals surface area (Å²) in [5.41, 5.74) is -0.151. The molecule has 0 amide bonds. The molecule has 0 N–H and O–H groups in total. The van der Waals surface area contributed by atoms with Crippen molar-refractivity contribution in [3.63, 3.8) is 0 Å². The lowest BCUT2D eigenvalue weighted by atomic mass is 9.78. The second kappa shape index (κ2) is 4.90. The molecule has 0 saturated carbocycles. The lowest BCUT2D eigenvalue weighted by Crippen LogP contribution is -2.27. The fraction of sp³-hybridized carbons (Fsp3) is 0.727. The number of nitrogens with zero attached hydrogens (tertiary/aromatic N) is 1. The Hall–Kier alpha value is -0.990. The van der Waals surface area contributed by atoms with Gasteiger partial charge in [0, 0.05) is 19.6 Å². The molecule has 0 unspecified atom stereocenters. The number of hydrogen-bond donors (Lipinski definition) is 0. The van der Waals surface area contributed by atoms with Crippen molar-refractivity contribution in [3.05, 3.63) is 0 Å². The SMILES string of the molecule is CC#CCCC1(C#N)CCOCC1. The van der Waals surface area contributed by atoms with Crippen molar-refractivity contribution in [3.8, 4) is 17.9 Å². The van der Waals surface area contributed by atoms with Crippen LogP contribution in [0.4, 0.5) is 0 Å². The van der Waals surface area contributed by atoms with Crippen LogP contribution < -0.4 is 0 Å². The van der Waals surface area contributed by atoms with Crippen molar-refractivity contribution in [2.45, 2.75) is 32.6 Å². The van der Waals surface area contributed by atoms with Gasteiger partial charge in [0.05, 0.1) is 11.5 Å². The van der Waals surface area contributed by atoms with Crippen molar-refractivity contribution < 1.29 is 4.74 Å². The maximum absolute atomic E-state index is 9.09. The average molecular weight is 177 g/mol. The van der Waals surface area contributed by atoms with Crippen LogP contribution in [0.3, 0.4) is 0 Å². The van der Waals surface area contributed by atoms with E-state index >= 15 is 0 Å². The molecule has 0 aromatic rings. The maximum Gasteiger partial charge on any atom is 0.0691 e. The highest BCUT2D eigenvalue weighted by atomic mass is 16.5. The van der Waals surface area contributed by atoms with E-state index in [0.29, 0.717) is 0 Å². The third-order valence-electron chi connectivity index (χ3n) is 2.59. The van der Waals surface area contributed by atoms with Crippen molar-refractivity contribution in [1.29, 1.82) is 5.26 Å². The van der Waals surface area contributed by atoms with Gasteiger partial charge in [0.25, 0.3) is 0 Å². The number of nitriles is 1. The Bertz CT molecular complexity index is 247. The zero-order chi connectivity index (χ0) is 9.57. The van der Waals surface area contributed by atoms with Gasteiger partial charge in [-0.05, 0) is 26.2 Å². The minimum absolute atomic E-state index is 0.151. The summed E-state index contributed by atoms with van der Waals surface area (Å²) in [6.07, 6.45) is 3.47. The largest absolute Gasteiger partial charge is 0.381 e. The van der Waals surface area contributed by atoms with Gasteiger partial charge in [-0.15, -0.1) is 11.8 Å². The van der Waals surface area contributed by atoms with Crippen LogP contribution in [0, 0.1) is 28.6 Å². The van der Waals surface area contributed by atoms with E-state index in [1.165, 1.54) is 0 Å². The lowest BCUT2D eigenvalue weighted by molar-refractivity contribution is 0.0376. The fourth-order valence-corrected chi connectivity index (χ4v) is 1.61. The summed E-state index contributed by atoms with van der Waals surface area (Å²) >= 11 is 0. The van der Waals surface area contributed by atoms with Gasteiger partial charge in [0.2, 0.25) is 0 Å². The second-order valence-electron chi connectivity index (χ2n) is 3.43. The van der Waals surface area contributed by atoms with Crippen LogP contribution in [0.1, 0.15) is 32.6 Å². The third-order valence-corrected chi connectivity index (χ3v) is 2.59. The van der Waals surface area contributed by atoms with E-state index in [2.05, 4.69) is 17.9 Å². The number of hydrogen-bond acceptors (Lipinski definition) is 2. The molecule has 70 valence electrons. The summed E-state index contributed by atoms with van der Waals surface area (Å²) in [7, 11) is 0. The van der Waals surface area contributed by atoms with Crippen LogP contribution >= 0.6 is 0 Å². The van der Waals surface area contributed by atoms with E-state index in [-0.39, 0.29) is 5.41 Å². The molecule has 0 radical (unpaired) electrons. The zero-order valence-corrected chi connectivity index (χ0v) is 8.10. The van der Waals surface area contributed by atoms with E-state index in [4.69, 9.17) is 10.00 Å². The van der Waals surface area contributed by atoms with Gasteiger partial charge in [0.15, 0.2) is 0 Å². The maximum atomic E-state index is 9.09. The van der Waals surface area contributed by atoms with Gasteiger partial charge in [-0.3, -0.25) is 0 Å². The minimum atomic E-state index is -0.151. The van der Waals surface area contributed by atoms with Gasteiger partial charge >= 0.3 is 0 Å². The molecular weight excluding hydrogens is 162 g/mol. The highest BCUT2D eigenvalue weighted by molar-refractivity contribution is 5.04. The summed E-state index contributed by atoms with van der Waals surface area (Å²) in [5.74, 6) is 5.87. The first-order valence-corrected chi connectivity index (χ1v) is 4.72. The summed E-state index contributed by atoms with van der Waals surface area (Å²) < 4.78 is 5.25. The Morgan fingerprint density at radius 2 is 2.08 bits per heavy atom. The molecule has 0 aliphatic carbocycles. The van der Waals surface area contributed by atoms with E-state index in [1.54, 1.807) is 0 Å². The molecule has 0 atom stereocenters. The minimum Gasteiger partial charge on any atom is -0.381 e. The average Bonchev–Trinajstić information content (AvgIpc) is 2.20. The van der Waals surface area contributed by atoms with E-state index in [0.717, 1.165) is 38.9 Å². The molecule has 1 saturated heterocycles. The summed E-state index contributed by atoms with van der Waals surface area (Å²) in [6.45, 7) is 3.29. The van der Waals surface area contributed by atoms with E-state index < -0.39 is 0 Å². The predicted molar refractivity (Wildman–Crippen MR) is 50.8 cm³/mol. The smallest absolute Gasteiger partial charge is 0.0691 e. The Labute approximate surface area is 79.9 Å². The fourth-order valence-electron chi connectivity index (χ4n) is 1.61. The monoisotopic (exact) mass is 177 g/mol. The number of ether oxygens (including phenoxy) is 1. The summed E-state index contributed by atoms with van der Waals surface area (Å²) in [5, 5.41) is 9.09. The molecule has 1 heterocycles. The van der Waals surface area contributed by atoms with Gasteiger partial charge in [0.1, 0.15) is 0 Å². The van der Waals surface area contributed by atoms with Crippen LogP contribution in [0.25, 0.3) is 0 Å². The molecule has 13 heavy (non-hydrogen) atoms. The van der Waals surface area contributed by atoms with Crippen LogP contribution in [-0.2, 0) is 4.74 Å². The van der Waals surface area contributed by atoms with Crippen molar-refractivity contribution >= 4 is 0 Å². The van der Waals surface area contributed by atoms with Gasteiger partial charge in [-0.25, -0.2) is 0 Å². The predicted octanol–water partition coefficient (Wildman–Crippen LogP) is 2.11. The molecule has 1 fully saturated rings. The van der Waals surface area contributed by atoms with E-state index in [9.17, 15) is 0 Å². The molecule has 0 spiro atoms. The highest BCUT2D eigenvalue weighted by Crippen LogP contribution is 2.34. The standard InChI is InChI=1S/C11H15NO/c1-2-3-4-5-11(10-12)6-8-13-9-7-11/h4-9H2,1H3. The summed E-state index contributed by atoms with van der Waals surface area (Å²) in [4.78, 5) is 0. The molecule has 1 aliphatic heterocycles. The Morgan fingerprint density at radius 1 is 1.38 bits per heavy atom. The first kappa shape index (κ1) is 10.1. The first-order valence-electron chi connectivity index (χ1n) is 4.72. The van der Waals surface area contributed by atoms with E-state index in [1.807, 2.05) is 6.92 Å². The normalized spacial score (nSPS) is 19.7. The Balaban J connectivity index is 2.47. The lowest BCUT2D eigenvalue weighted by Gasteiger charge is -2.29. The van der Waals surface area contributed by atoms with Crippen LogP contribution in [-0.4, -0.2) is 13.2 Å². The molecule has 2 heteroatoms. The zero-order valence-electron chi connectivity index (χ0n) is 8.10. The number of rotatable bonds is 2. The first-order chi connectivity index (χ1) is 6.33. The van der Waals surface area contributed by atoms with Gasteiger partial charge in [-0.1, -0.05) is 0 Å². The van der Waals surface area contributed by atoms with Crippen LogP contribution in [0.5, 0.6) is 0 Å². The highest BCUT2D eigenvalue weighted by Gasteiger charge is 2.31. The van der Waals surface area contributed by atoms with Crippen molar-refractivity contribution in [2.24, 2.45) is 5.41 Å². The molecule has 0 aromatic heterocycles. The Kier molecular flexibility index (Phi) is 3.80. The van der Waals surface area contributed by atoms with Crippen molar-refractivity contribution in [2.75, 3.05) is 13.2 Å². The Morgan fingerprint density at radius 3 is 2.62 bits per heavy atom. The molecular formula is C11H15NO. The third kappa shape index (κ3) is 2.76. The summed E-state index contributed by atoms with van der Waals surface area (Å²) in [6, 6.07) is 2.43. The van der Waals surface area contributed by atoms with Crippen LogP contribution in [0.2, 0.25) is 0 Å². The molecule has 0 bridgehead atoms.